The second-order valence-corrected chi connectivity index (χ2v) is 9.44. The van der Waals surface area contributed by atoms with Crippen LogP contribution in [0.25, 0.3) is 22.2 Å². The molecule has 0 radical (unpaired) electrons. The SMILES string of the molecule is CC#CC(=O)NNC(=O)C=C1CCC(n2cc(-c3ccc(Oc4c(F)cccc4F)cc3)c3c(N)ncnc32)CC1. The summed E-state index contributed by atoms with van der Waals surface area (Å²) in [5, 5.41) is 0.702. The quantitative estimate of drug-likeness (QED) is 0.181. The summed E-state index contributed by atoms with van der Waals surface area (Å²) in [6, 6.07) is 10.5. The van der Waals surface area contributed by atoms with Crippen molar-refractivity contribution in [1.29, 1.82) is 0 Å². The Morgan fingerprint density at radius 2 is 1.78 bits per heavy atom. The Morgan fingerprint density at radius 3 is 2.46 bits per heavy atom. The van der Waals surface area contributed by atoms with E-state index in [1.165, 1.54) is 25.4 Å². The lowest BCUT2D eigenvalue weighted by atomic mass is 9.90. The van der Waals surface area contributed by atoms with Crippen molar-refractivity contribution in [2.24, 2.45) is 0 Å². The molecule has 4 aromatic rings. The van der Waals surface area contributed by atoms with Gasteiger partial charge in [0.15, 0.2) is 17.4 Å². The van der Waals surface area contributed by atoms with Crippen LogP contribution >= 0.6 is 0 Å². The van der Waals surface area contributed by atoms with Gasteiger partial charge in [-0.3, -0.25) is 20.4 Å². The van der Waals surface area contributed by atoms with Crippen LogP contribution in [0.3, 0.4) is 0 Å². The van der Waals surface area contributed by atoms with E-state index in [0.717, 1.165) is 41.7 Å². The van der Waals surface area contributed by atoms with Crippen molar-refractivity contribution in [2.75, 3.05) is 5.73 Å². The molecule has 4 N–H and O–H groups in total. The number of carbonyl (C=O) groups excluding carboxylic acids is 2. The maximum atomic E-state index is 14.0. The minimum atomic E-state index is -0.790. The second kappa shape index (κ2) is 11.9. The molecule has 41 heavy (non-hydrogen) atoms. The lowest BCUT2D eigenvalue weighted by Gasteiger charge is -2.25. The Hall–Kier alpha value is -5.24. The molecule has 9 nitrogen and oxygen atoms in total. The number of carbonyl (C=O) groups is 2. The van der Waals surface area contributed by atoms with Gasteiger partial charge in [0.2, 0.25) is 0 Å². The van der Waals surface area contributed by atoms with Gasteiger partial charge in [0, 0.05) is 23.9 Å². The first kappa shape index (κ1) is 27.3. The summed E-state index contributed by atoms with van der Waals surface area (Å²) in [7, 11) is 0. The van der Waals surface area contributed by atoms with Crippen molar-refractivity contribution < 1.29 is 23.1 Å². The number of hydrazine groups is 1. The number of ether oxygens (including phenoxy) is 1. The number of allylic oxidation sites excluding steroid dienone is 1. The number of rotatable bonds is 5. The Labute approximate surface area is 234 Å². The number of benzene rings is 2. The van der Waals surface area contributed by atoms with E-state index in [2.05, 4.69) is 37.2 Å². The van der Waals surface area contributed by atoms with E-state index in [-0.39, 0.29) is 11.8 Å². The number of aromatic nitrogens is 3. The van der Waals surface area contributed by atoms with Gasteiger partial charge in [-0.15, -0.1) is 0 Å². The van der Waals surface area contributed by atoms with Crippen molar-refractivity contribution in [2.45, 2.75) is 38.6 Å². The van der Waals surface area contributed by atoms with Gasteiger partial charge < -0.3 is 15.0 Å². The molecule has 2 aromatic heterocycles. The maximum Gasteiger partial charge on any atom is 0.314 e. The van der Waals surface area contributed by atoms with Crippen molar-refractivity contribution in [3.05, 3.63) is 78.3 Å². The highest BCUT2D eigenvalue weighted by Crippen LogP contribution is 2.39. The van der Waals surface area contributed by atoms with E-state index in [4.69, 9.17) is 10.5 Å². The highest BCUT2D eigenvalue weighted by atomic mass is 19.1. The molecule has 1 aliphatic carbocycles. The average Bonchev–Trinajstić information content (AvgIpc) is 3.36. The molecule has 1 saturated carbocycles. The van der Waals surface area contributed by atoms with Crippen LogP contribution in [0.2, 0.25) is 0 Å². The number of nitrogen functional groups attached to an aromatic ring is 1. The number of para-hydroxylation sites is 1. The molecule has 0 atom stereocenters. The van der Waals surface area contributed by atoms with Crippen molar-refractivity contribution in [3.63, 3.8) is 0 Å². The standard InChI is InChI=1S/C30H26F2N6O3/c1-2-4-25(39)36-37-26(40)15-18-7-11-20(12-8-18)38-16-22(27-29(33)34-17-35-30(27)38)19-9-13-21(14-10-19)41-28-23(31)5-3-6-24(28)32/h3,5-6,9-10,13-17,20H,7-8,11-12H2,1H3,(H,36,39)(H,37,40)(H2,33,34,35). The van der Waals surface area contributed by atoms with Crippen molar-refractivity contribution in [3.8, 4) is 34.5 Å². The Balaban J connectivity index is 1.34. The number of nitrogens with one attached hydrogen (secondary N) is 2. The number of nitrogens with two attached hydrogens (primary N) is 1. The van der Waals surface area contributed by atoms with E-state index >= 15 is 0 Å². The van der Waals surface area contributed by atoms with Crippen LogP contribution in [0.15, 0.2) is 66.6 Å². The van der Waals surface area contributed by atoms with E-state index in [0.29, 0.717) is 29.7 Å². The molecular formula is C30H26F2N6O3. The molecule has 5 rings (SSSR count). The predicted octanol–water partition coefficient (Wildman–Crippen LogP) is 4.96. The number of amides is 2. The fourth-order valence-electron chi connectivity index (χ4n) is 4.89. The van der Waals surface area contributed by atoms with Gasteiger partial charge in [0.25, 0.3) is 5.91 Å². The second-order valence-electron chi connectivity index (χ2n) is 9.44. The molecule has 11 heteroatoms. The van der Waals surface area contributed by atoms with Gasteiger partial charge in [-0.2, -0.15) is 0 Å². The molecule has 1 aliphatic rings. The summed E-state index contributed by atoms with van der Waals surface area (Å²) < 4.78 is 35.6. The summed E-state index contributed by atoms with van der Waals surface area (Å²) in [6.07, 6.45) is 7.82. The summed E-state index contributed by atoms with van der Waals surface area (Å²) in [5.74, 6) is 2.31. The largest absolute Gasteiger partial charge is 0.451 e. The maximum absolute atomic E-state index is 14.0. The summed E-state index contributed by atoms with van der Waals surface area (Å²) >= 11 is 0. The fourth-order valence-corrected chi connectivity index (χ4v) is 4.89. The van der Waals surface area contributed by atoms with Crippen LogP contribution in [0, 0.1) is 23.5 Å². The molecule has 0 saturated heterocycles. The highest BCUT2D eigenvalue weighted by Gasteiger charge is 2.24. The van der Waals surface area contributed by atoms with E-state index < -0.39 is 29.2 Å². The lowest BCUT2D eigenvalue weighted by molar-refractivity contribution is -0.123. The molecule has 0 aliphatic heterocycles. The third-order valence-electron chi connectivity index (χ3n) is 6.81. The van der Waals surface area contributed by atoms with Crippen LogP contribution in [-0.2, 0) is 9.59 Å². The van der Waals surface area contributed by atoms with Crippen molar-refractivity contribution in [1.82, 2.24) is 25.4 Å². The molecule has 208 valence electrons. The predicted molar refractivity (Wildman–Crippen MR) is 149 cm³/mol. The Morgan fingerprint density at radius 1 is 1.07 bits per heavy atom. The fraction of sp³-hybridized carbons (Fsp3) is 0.200. The third-order valence-corrected chi connectivity index (χ3v) is 6.81. The molecular weight excluding hydrogens is 530 g/mol. The van der Waals surface area contributed by atoms with Gasteiger partial charge in [-0.1, -0.05) is 29.7 Å². The van der Waals surface area contributed by atoms with E-state index in [9.17, 15) is 18.4 Å². The minimum absolute atomic E-state index is 0.104. The van der Waals surface area contributed by atoms with Crippen LogP contribution in [-0.4, -0.2) is 26.3 Å². The summed E-state index contributed by atoms with van der Waals surface area (Å²) in [6.45, 7) is 1.53. The van der Waals surface area contributed by atoms with Gasteiger partial charge in [-0.05, 0) is 68.4 Å². The summed E-state index contributed by atoms with van der Waals surface area (Å²) in [4.78, 5) is 32.3. The number of nitrogens with zero attached hydrogens (tertiary/aromatic N) is 3. The van der Waals surface area contributed by atoms with Gasteiger partial charge in [0.1, 0.15) is 23.5 Å². The average molecular weight is 557 g/mol. The van der Waals surface area contributed by atoms with Crippen LogP contribution in [0.1, 0.15) is 38.6 Å². The first-order valence-corrected chi connectivity index (χ1v) is 12.9. The van der Waals surface area contributed by atoms with Crippen LogP contribution < -0.4 is 21.3 Å². The number of hydrogen-bond acceptors (Lipinski definition) is 6. The Kier molecular flexibility index (Phi) is 7.92. The smallest absolute Gasteiger partial charge is 0.314 e. The van der Waals surface area contributed by atoms with E-state index in [1.54, 1.807) is 24.3 Å². The van der Waals surface area contributed by atoms with Gasteiger partial charge >= 0.3 is 5.91 Å². The highest BCUT2D eigenvalue weighted by molar-refractivity contribution is 6.00. The normalized spacial score (nSPS) is 14.6. The lowest BCUT2D eigenvalue weighted by Crippen LogP contribution is -2.40. The number of anilines is 1. The first-order valence-electron chi connectivity index (χ1n) is 12.9. The molecule has 0 bridgehead atoms. The van der Waals surface area contributed by atoms with Gasteiger partial charge in [-0.25, -0.2) is 18.7 Å². The molecule has 0 unspecified atom stereocenters. The number of hydrogen-bond donors (Lipinski definition) is 3. The molecule has 2 heterocycles. The summed E-state index contributed by atoms with van der Waals surface area (Å²) in [5.41, 5.74) is 14.1. The molecule has 2 amide bonds. The zero-order valence-electron chi connectivity index (χ0n) is 22.1. The van der Waals surface area contributed by atoms with E-state index in [1.807, 2.05) is 6.20 Å². The zero-order chi connectivity index (χ0) is 28.9. The first-order chi connectivity index (χ1) is 19.8. The minimum Gasteiger partial charge on any atom is -0.451 e. The van der Waals surface area contributed by atoms with Gasteiger partial charge in [0.05, 0.1) is 5.39 Å². The van der Waals surface area contributed by atoms with Crippen LogP contribution in [0.5, 0.6) is 11.5 Å². The van der Waals surface area contributed by atoms with Crippen molar-refractivity contribution >= 4 is 28.7 Å². The molecule has 2 aromatic carbocycles. The molecule has 0 spiro atoms. The topological polar surface area (TPSA) is 124 Å². The third kappa shape index (κ3) is 6.01. The number of fused-ring (bicyclic) bond motifs is 1. The molecule has 1 fully saturated rings. The zero-order valence-corrected chi connectivity index (χ0v) is 22.1. The monoisotopic (exact) mass is 556 g/mol. The Bertz CT molecular complexity index is 1690. The van der Waals surface area contributed by atoms with Crippen LogP contribution in [0.4, 0.5) is 14.6 Å². The number of halogens is 2.